The molecule has 2 amide bonds. The largest absolute Gasteiger partial charge is 0.496 e. The highest BCUT2D eigenvalue weighted by Crippen LogP contribution is 2.28. The lowest BCUT2D eigenvalue weighted by molar-refractivity contribution is 0.0921. The van der Waals surface area contributed by atoms with Crippen LogP contribution in [0.4, 0.5) is 4.79 Å². The van der Waals surface area contributed by atoms with E-state index < -0.39 is 5.24 Å². The molecule has 9 heteroatoms. The molecular formula is C19H18N2O6S. The number of nitrogens with one attached hydrogen (secondary N) is 2. The topological polar surface area (TPSA) is 110 Å². The molecule has 0 radical (unpaired) electrons. The highest BCUT2D eigenvalue weighted by Gasteiger charge is 2.14. The third-order valence-electron chi connectivity index (χ3n) is 3.75. The Bertz CT molecular complexity index is 970. The number of furan rings is 1. The number of amides is 2. The van der Waals surface area contributed by atoms with Crippen molar-refractivity contribution in [2.75, 3.05) is 20.3 Å². The summed E-state index contributed by atoms with van der Waals surface area (Å²) < 4.78 is 16.4. The van der Waals surface area contributed by atoms with E-state index in [9.17, 15) is 9.59 Å². The zero-order chi connectivity index (χ0) is 19.9. The van der Waals surface area contributed by atoms with E-state index in [2.05, 4.69) is 5.32 Å². The summed E-state index contributed by atoms with van der Waals surface area (Å²) in [5, 5.41) is 11.4. The van der Waals surface area contributed by atoms with E-state index in [0.29, 0.717) is 22.0 Å². The van der Waals surface area contributed by atoms with Gasteiger partial charge in [0.25, 0.3) is 5.91 Å². The normalized spacial score (nSPS) is 10.5. The maximum absolute atomic E-state index is 12.2. The number of hydrogen-bond donors (Lipinski definition) is 3. The fraction of sp³-hybridized carbons (Fsp3) is 0.158. The Morgan fingerprint density at radius 3 is 2.68 bits per heavy atom. The van der Waals surface area contributed by atoms with Crippen molar-refractivity contribution >= 4 is 33.9 Å². The van der Waals surface area contributed by atoms with Crippen molar-refractivity contribution < 1.29 is 28.7 Å². The van der Waals surface area contributed by atoms with Gasteiger partial charge in [-0.1, -0.05) is 6.07 Å². The van der Waals surface area contributed by atoms with Gasteiger partial charge in [0.1, 0.15) is 23.7 Å². The van der Waals surface area contributed by atoms with Crippen LogP contribution >= 0.6 is 11.8 Å². The summed E-state index contributed by atoms with van der Waals surface area (Å²) in [7, 11) is 1.56. The summed E-state index contributed by atoms with van der Waals surface area (Å²) in [5.41, 5.74) is 2.12. The molecule has 0 spiro atoms. The van der Waals surface area contributed by atoms with Crippen molar-refractivity contribution in [3.63, 3.8) is 0 Å². The maximum Gasteiger partial charge on any atom is 0.307 e. The van der Waals surface area contributed by atoms with Crippen molar-refractivity contribution in [1.82, 2.24) is 10.8 Å². The highest BCUT2D eigenvalue weighted by atomic mass is 32.2. The molecule has 0 fully saturated rings. The van der Waals surface area contributed by atoms with Gasteiger partial charge < -0.3 is 19.2 Å². The van der Waals surface area contributed by atoms with Crippen LogP contribution in [0.25, 0.3) is 11.0 Å². The molecule has 146 valence electrons. The quantitative estimate of drug-likeness (QED) is 0.240. The number of fused-ring (bicyclic) bond motifs is 1. The number of methoxy groups -OCH3 is 1. The average Bonchev–Trinajstić information content (AvgIpc) is 3.16. The fourth-order valence-electron chi connectivity index (χ4n) is 2.48. The van der Waals surface area contributed by atoms with E-state index >= 15 is 0 Å². The number of carbonyl (C=O) groups excluding carboxylic acids is 2. The number of carbonyl (C=O) groups is 2. The molecule has 0 aliphatic heterocycles. The SMILES string of the molecule is COc1cccc2oc(C(=O)NCCOc3ccc(SC(=O)NO)cc3)cc12. The number of hydrogen-bond acceptors (Lipinski definition) is 7. The summed E-state index contributed by atoms with van der Waals surface area (Å²) in [6, 6.07) is 13.8. The Morgan fingerprint density at radius 2 is 1.96 bits per heavy atom. The molecule has 28 heavy (non-hydrogen) atoms. The van der Waals surface area contributed by atoms with E-state index in [1.54, 1.807) is 61.1 Å². The second kappa shape index (κ2) is 9.16. The van der Waals surface area contributed by atoms with Gasteiger partial charge in [-0.2, -0.15) is 0 Å². The molecular weight excluding hydrogens is 384 g/mol. The van der Waals surface area contributed by atoms with Gasteiger partial charge in [-0.25, -0.2) is 5.48 Å². The number of hydroxylamine groups is 1. The number of benzene rings is 2. The first-order valence-electron chi connectivity index (χ1n) is 8.30. The molecule has 0 saturated heterocycles. The molecule has 0 bridgehead atoms. The van der Waals surface area contributed by atoms with Crippen LogP contribution in [0.15, 0.2) is 57.8 Å². The molecule has 0 aliphatic carbocycles. The Morgan fingerprint density at radius 1 is 1.18 bits per heavy atom. The minimum absolute atomic E-state index is 0.197. The third-order valence-corrected chi connectivity index (χ3v) is 4.53. The van der Waals surface area contributed by atoms with Gasteiger partial charge in [-0.15, -0.1) is 0 Å². The number of rotatable bonds is 7. The monoisotopic (exact) mass is 402 g/mol. The Labute approximate surface area is 164 Å². The lowest BCUT2D eigenvalue weighted by atomic mass is 10.2. The zero-order valence-electron chi connectivity index (χ0n) is 14.9. The van der Waals surface area contributed by atoms with E-state index in [-0.39, 0.29) is 24.8 Å². The third kappa shape index (κ3) is 4.76. The van der Waals surface area contributed by atoms with Crippen molar-refractivity contribution in [3.8, 4) is 11.5 Å². The molecule has 1 aromatic heterocycles. The molecule has 3 rings (SSSR count). The van der Waals surface area contributed by atoms with Crippen LogP contribution in [-0.2, 0) is 0 Å². The first kappa shape index (κ1) is 19.6. The van der Waals surface area contributed by atoms with Gasteiger partial charge in [0.05, 0.1) is 19.0 Å². The molecule has 0 aliphatic rings. The van der Waals surface area contributed by atoms with Crippen molar-refractivity contribution in [2.45, 2.75) is 4.90 Å². The summed E-state index contributed by atoms with van der Waals surface area (Å²) in [4.78, 5) is 24.0. The van der Waals surface area contributed by atoms with Crippen molar-refractivity contribution in [3.05, 3.63) is 54.3 Å². The number of ether oxygens (including phenoxy) is 2. The molecule has 0 unspecified atom stereocenters. The fourth-order valence-corrected chi connectivity index (χ4v) is 3.01. The summed E-state index contributed by atoms with van der Waals surface area (Å²) in [6.45, 7) is 0.551. The second-order valence-electron chi connectivity index (χ2n) is 5.56. The van der Waals surface area contributed by atoms with Crippen LogP contribution in [0, 0.1) is 0 Å². The van der Waals surface area contributed by atoms with E-state index in [1.165, 1.54) is 0 Å². The van der Waals surface area contributed by atoms with Crippen molar-refractivity contribution in [2.24, 2.45) is 0 Å². The van der Waals surface area contributed by atoms with Gasteiger partial charge >= 0.3 is 5.24 Å². The van der Waals surface area contributed by atoms with E-state index in [4.69, 9.17) is 19.1 Å². The van der Waals surface area contributed by atoms with Gasteiger partial charge in [0.2, 0.25) is 0 Å². The Hall–Kier alpha value is -3.17. The van der Waals surface area contributed by atoms with Crippen molar-refractivity contribution in [1.29, 1.82) is 0 Å². The summed E-state index contributed by atoms with van der Waals surface area (Å²) in [5.74, 6) is 1.09. The van der Waals surface area contributed by atoms with Crippen LogP contribution in [0.3, 0.4) is 0 Å². The predicted molar refractivity (Wildman–Crippen MR) is 103 cm³/mol. The smallest absolute Gasteiger partial charge is 0.307 e. The second-order valence-corrected chi connectivity index (χ2v) is 6.61. The summed E-state index contributed by atoms with van der Waals surface area (Å²) >= 11 is 0.854. The van der Waals surface area contributed by atoms with Crippen LogP contribution in [-0.4, -0.2) is 36.6 Å². The molecule has 1 heterocycles. The Balaban J connectivity index is 1.48. The van der Waals surface area contributed by atoms with Crippen LogP contribution in [0.2, 0.25) is 0 Å². The molecule has 0 atom stereocenters. The first-order chi connectivity index (χ1) is 13.6. The number of thioether (sulfide) groups is 1. The molecule has 8 nitrogen and oxygen atoms in total. The maximum atomic E-state index is 12.2. The molecule has 0 saturated carbocycles. The summed E-state index contributed by atoms with van der Waals surface area (Å²) in [6.07, 6.45) is 0. The van der Waals surface area contributed by atoms with Crippen LogP contribution < -0.4 is 20.3 Å². The van der Waals surface area contributed by atoms with Gasteiger partial charge in [-0.3, -0.25) is 14.8 Å². The minimum Gasteiger partial charge on any atom is -0.496 e. The molecule has 3 N–H and O–H groups in total. The zero-order valence-corrected chi connectivity index (χ0v) is 15.7. The van der Waals surface area contributed by atoms with Gasteiger partial charge in [0.15, 0.2) is 5.76 Å². The standard InChI is InChI=1S/C19H18N2O6S/c1-25-15-3-2-4-16-14(15)11-17(27-16)18(22)20-9-10-26-12-5-7-13(8-6-12)28-19(23)21-24/h2-8,11,24H,9-10H2,1H3,(H,20,22)(H,21,23). The lowest BCUT2D eigenvalue weighted by Gasteiger charge is -2.07. The molecule has 2 aromatic carbocycles. The average molecular weight is 402 g/mol. The van der Waals surface area contributed by atoms with Gasteiger partial charge in [-0.05, 0) is 48.2 Å². The predicted octanol–water partition coefficient (Wildman–Crippen LogP) is 3.44. The van der Waals surface area contributed by atoms with Gasteiger partial charge in [0, 0.05) is 11.0 Å². The minimum atomic E-state index is -0.570. The van der Waals surface area contributed by atoms with Crippen LogP contribution in [0.1, 0.15) is 10.6 Å². The highest BCUT2D eigenvalue weighted by molar-refractivity contribution is 8.13. The molecule has 3 aromatic rings. The first-order valence-corrected chi connectivity index (χ1v) is 9.12. The Kier molecular flexibility index (Phi) is 6.41. The van der Waals surface area contributed by atoms with E-state index in [0.717, 1.165) is 17.1 Å². The van der Waals surface area contributed by atoms with Crippen LogP contribution in [0.5, 0.6) is 11.5 Å². The van der Waals surface area contributed by atoms with E-state index in [1.807, 2.05) is 0 Å². The lowest BCUT2D eigenvalue weighted by Crippen LogP contribution is -2.27.